The summed E-state index contributed by atoms with van der Waals surface area (Å²) in [6.07, 6.45) is 4.36. The van der Waals surface area contributed by atoms with Gasteiger partial charge in [-0.05, 0) is 91.3 Å². The van der Waals surface area contributed by atoms with Crippen molar-refractivity contribution in [2.75, 3.05) is 31.5 Å². The van der Waals surface area contributed by atoms with Gasteiger partial charge in [-0.1, -0.05) is 6.07 Å². The van der Waals surface area contributed by atoms with Crippen LogP contribution >= 0.6 is 0 Å². The highest BCUT2D eigenvalue weighted by atomic mass is 16.6. The van der Waals surface area contributed by atoms with Gasteiger partial charge in [-0.3, -0.25) is 0 Å². The summed E-state index contributed by atoms with van der Waals surface area (Å²) in [5.74, 6) is -0.106. The number of unbranched alkanes of at least 4 members (excludes halogenated alkanes) is 1. The van der Waals surface area contributed by atoms with E-state index in [0.29, 0.717) is 19.6 Å². The Labute approximate surface area is 203 Å². The second kappa shape index (κ2) is 12.4. The maximum absolute atomic E-state index is 12.0. The summed E-state index contributed by atoms with van der Waals surface area (Å²) in [4.78, 5) is 30.5. The number of ether oxygens (including phenoxy) is 1. The van der Waals surface area contributed by atoms with E-state index in [2.05, 4.69) is 27.7 Å². The zero-order chi connectivity index (χ0) is 25.4. The lowest BCUT2D eigenvalue weighted by atomic mass is 10.1. The van der Waals surface area contributed by atoms with Crippen LogP contribution in [0.2, 0.25) is 0 Å². The number of carbonyl (C=O) groups is 2. The number of anilines is 1. The molecule has 1 aliphatic rings. The van der Waals surface area contributed by atoms with E-state index in [1.165, 1.54) is 5.56 Å². The summed E-state index contributed by atoms with van der Waals surface area (Å²) in [6, 6.07) is 3.19. The van der Waals surface area contributed by atoms with Crippen LogP contribution in [-0.4, -0.2) is 75.6 Å². The molecule has 1 atom stereocenters. The van der Waals surface area contributed by atoms with E-state index in [0.717, 1.165) is 50.2 Å². The summed E-state index contributed by atoms with van der Waals surface area (Å²) in [5.41, 5.74) is 0.723. The smallest absolute Gasteiger partial charge is 0.408 e. The number of pyridine rings is 1. The standard InChI is InChI=1S/C25H42N4O5/c1-24(2,3)34-23(32)28-20(22(30)31)13-16-29(17-25(4,5)33)15-7-6-10-19-12-11-18-9-8-14-26-21(18)27-19/h11-12,20,33H,6-10,13-17H2,1-5H3,(H,26,27)(H,28,32)(H,30,31). The fourth-order valence-corrected chi connectivity index (χ4v) is 3.99. The Kier molecular flexibility index (Phi) is 10.1. The molecule has 34 heavy (non-hydrogen) atoms. The zero-order valence-corrected chi connectivity index (χ0v) is 21.3. The second-order valence-corrected chi connectivity index (χ2v) is 10.7. The minimum atomic E-state index is -1.11. The highest BCUT2D eigenvalue weighted by molar-refractivity contribution is 5.80. The van der Waals surface area contributed by atoms with Gasteiger partial charge in [0.15, 0.2) is 0 Å². The topological polar surface area (TPSA) is 124 Å². The third kappa shape index (κ3) is 10.7. The van der Waals surface area contributed by atoms with E-state index in [1.54, 1.807) is 34.6 Å². The third-order valence-corrected chi connectivity index (χ3v) is 5.44. The quantitative estimate of drug-likeness (QED) is 0.338. The van der Waals surface area contributed by atoms with Crippen LogP contribution in [0.5, 0.6) is 0 Å². The highest BCUT2D eigenvalue weighted by Gasteiger charge is 2.26. The molecule has 0 spiro atoms. The van der Waals surface area contributed by atoms with Gasteiger partial charge < -0.3 is 30.5 Å². The number of alkyl carbamates (subject to hydrolysis) is 1. The molecule has 1 aromatic rings. The molecule has 1 aromatic heterocycles. The van der Waals surface area contributed by atoms with Crippen molar-refractivity contribution in [3.8, 4) is 0 Å². The number of hydrogen-bond donors (Lipinski definition) is 4. The molecule has 9 heteroatoms. The lowest BCUT2D eigenvalue weighted by Crippen LogP contribution is -2.46. The Morgan fingerprint density at radius 2 is 1.94 bits per heavy atom. The molecule has 4 N–H and O–H groups in total. The van der Waals surface area contributed by atoms with Gasteiger partial charge in [0.1, 0.15) is 17.5 Å². The number of hydrogen-bond acceptors (Lipinski definition) is 7. The van der Waals surface area contributed by atoms with E-state index in [-0.39, 0.29) is 6.42 Å². The molecule has 192 valence electrons. The highest BCUT2D eigenvalue weighted by Crippen LogP contribution is 2.20. The van der Waals surface area contributed by atoms with Gasteiger partial charge in [0.2, 0.25) is 0 Å². The maximum atomic E-state index is 12.0. The summed E-state index contributed by atoms with van der Waals surface area (Å²) < 4.78 is 5.18. The molecule has 9 nitrogen and oxygen atoms in total. The number of amides is 1. The first kappa shape index (κ1) is 27.9. The lowest BCUT2D eigenvalue weighted by Gasteiger charge is -2.30. The molecule has 1 amide bonds. The number of nitrogens with one attached hydrogen (secondary N) is 2. The van der Waals surface area contributed by atoms with Crippen molar-refractivity contribution < 1.29 is 24.5 Å². The Morgan fingerprint density at radius 1 is 1.21 bits per heavy atom. The molecule has 0 fully saturated rings. The molecule has 0 saturated carbocycles. The number of aryl methyl sites for hydroxylation is 2. The average molecular weight is 479 g/mol. The molecule has 0 bridgehead atoms. The van der Waals surface area contributed by atoms with Crippen molar-refractivity contribution in [3.05, 3.63) is 23.4 Å². The van der Waals surface area contributed by atoms with E-state index in [9.17, 15) is 19.8 Å². The average Bonchev–Trinajstić information content (AvgIpc) is 2.71. The van der Waals surface area contributed by atoms with Crippen LogP contribution in [0, 0.1) is 0 Å². The SMILES string of the molecule is CC(C)(O)CN(CCCCc1ccc2c(n1)NCCC2)CCC(NC(=O)OC(C)(C)C)C(=O)O. The van der Waals surface area contributed by atoms with Crippen molar-refractivity contribution in [1.29, 1.82) is 0 Å². The molecular weight excluding hydrogens is 436 g/mol. The van der Waals surface area contributed by atoms with Gasteiger partial charge >= 0.3 is 12.1 Å². The van der Waals surface area contributed by atoms with Gasteiger partial charge in [-0.15, -0.1) is 0 Å². The van der Waals surface area contributed by atoms with Crippen LogP contribution in [0.1, 0.15) is 71.6 Å². The number of carboxylic acid groups (broad SMARTS) is 1. The van der Waals surface area contributed by atoms with Crippen LogP contribution in [0.25, 0.3) is 0 Å². The van der Waals surface area contributed by atoms with E-state index in [1.807, 2.05) is 0 Å². The largest absolute Gasteiger partial charge is 0.480 e. The van der Waals surface area contributed by atoms with Gasteiger partial charge in [0, 0.05) is 25.3 Å². The number of carboxylic acids is 1. The van der Waals surface area contributed by atoms with Gasteiger partial charge in [-0.2, -0.15) is 0 Å². The number of aliphatic carboxylic acids is 1. The Balaban J connectivity index is 1.86. The van der Waals surface area contributed by atoms with Crippen molar-refractivity contribution in [1.82, 2.24) is 15.2 Å². The predicted molar refractivity (Wildman–Crippen MR) is 132 cm³/mol. The van der Waals surface area contributed by atoms with Crippen molar-refractivity contribution in [3.63, 3.8) is 0 Å². The molecule has 0 aromatic carbocycles. The van der Waals surface area contributed by atoms with Crippen LogP contribution < -0.4 is 10.6 Å². The molecule has 2 heterocycles. The number of carbonyl (C=O) groups excluding carboxylic acids is 1. The minimum absolute atomic E-state index is 0.211. The van der Waals surface area contributed by atoms with Gasteiger partial charge in [-0.25, -0.2) is 14.6 Å². The van der Waals surface area contributed by atoms with Crippen molar-refractivity contribution >= 4 is 17.9 Å². The fraction of sp³-hybridized carbons (Fsp3) is 0.720. The Morgan fingerprint density at radius 3 is 2.59 bits per heavy atom. The first-order valence-corrected chi connectivity index (χ1v) is 12.2. The van der Waals surface area contributed by atoms with Crippen LogP contribution in [0.3, 0.4) is 0 Å². The van der Waals surface area contributed by atoms with Gasteiger partial charge in [0.05, 0.1) is 5.60 Å². The molecule has 2 rings (SSSR count). The molecule has 0 radical (unpaired) electrons. The zero-order valence-electron chi connectivity index (χ0n) is 21.3. The van der Waals surface area contributed by atoms with Crippen molar-refractivity contribution in [2.24, 2.45) is 0 Å². The molecule has 0 saturated heterocycles. The third-order valence-electron chi connectivity index (χ3n) is 5.44. The first-order chi connectivity index (χ1) is 15.8. The number of rotatable bonds is 12. The van der Waals surface area contributed by atoms with Crippen molar-refractivity contribution in [2.45, 2.75) is 90.4 Å². The van der Waals surface area contributed by atoms with E-state index < -0.39 is 29.3 Å². The predicted octanol–water partition coefficient (Wildman–Crippen LogP) is 3.20. The number of aliphatic hydroxyl groups is 1. The minimum Gasteiger partial charge on any atom is -0.480 e. The summed E-state index contributed by atoms with van der Waals surface area (Å²) in [6.45, 7) is 11.2. The first-order valence-electron chi connectivity index (χ1n) is 12.2. The fourth-order valence-electron chi connectivity index (χ4n) is 3.99. The number of fused-ring (bicyclic) bond motifs is 1. The Bertz CT molecular complexity index is 817. The normalized spacial score (nSPS) is 14.8. The summed E-state index contributed by atoms with van der Waals surface area (Å²) >= 11 is 0. The molecule has 0 aliphatic carbocycles. The molecule has 1 aliphatic heterocycles. The van der Waals surface area contributed by atoms with E-state index in [4.69, 9.17) is 9.72 Å². The van der Waals surface area contributed by atoms with Gasteiger partial charge in [0.25, 0.3) is 0 Å². The van der Waals surface area contributed by atoms with Crippen LogP contribution in [-0.2, 0) is 22.4 Å². The molecular formula is C25H42N4O5. The summed E-state index contributed by atoms with van der Waals surface area (Å²) in [7, 11) is 0. The van der Waals surface area contributed by atoms with Crippen LogP contribution in [0.4, 0.5) is 10.6 Å². The number of nitrogens with zero attached hydrogens (tertiary/aromatic N) is 2. The van der Waals surface area contributed by atoms with Crippen LogP contribution in [0.15, 0.2) is 12.1 Å². The molecule has 1 unspecified atom stereocenters. The second-order valence-electron chi connectivity index (χ2n) is 10.7. The lowest BCUT2D eigenvalue weighted by molar-refractivity contribution is -0.139. The number of aromatic nitrogens is 1. The maximum Gasteiger partial charge on any atom is 0.408 e. The monoisotopic (exact) mass is 478 g/mol. The Hall–Kier alpha value is -2.39. The van der Waals surface area contributed by atoms with E-state index >= 15 is 0 Å². The summed E-state index contributed by atoms with van der Waals surface area (Å²) in [5, 5.41) is 25.7.